The van der Waals surface area contributed by atoms with Crippen LogP contribution < -0.4 is 0 Å². The maximum atomic E-state index is 9.08. The summed E-state index contributed by atoms with van der Waals surface area (Å²) in [6, 6.07) is 0. The van der Waals surface area contributed by atoms with E-state index in [0.717, 1.165) is 18.8 Å². The van der Waals surface area contributed by atoms with Gasteiger partial charge < -0.3 is 5.11 Å². The predicted octanol–water partition coefficient (Wildman–Crippen LogP) is 3.61. The molecule has 1 aliphatic carbocycles. The summed E-state index contributed by atoms with van der Waals surface area (Å²) < 4.78 is 0. The molecule has 12 heavy (non-hydrogen) atoms. The van der Waals surface area contributed by atoms with Crippen LogP contribution >= 0.6 is 0 Å². The van der Waals surface area contributed by atoms with Gasteiger partial charge in [-0.15, -0.1) is 0 Å². The zero-order valence-electron chi connectivity index (χ0n) is 9.43. The summed E-state index contributed by atoms with van der Waals surface area (Å²) in [6.07, 6.45) is 4.61. The Kier molecular flexibility index (Phi) is 13.2. The van der Waals surface area contributed by atoms with Crippen molar-refractivity contribution in [3.63, 3.8) is 0 Å². The van der Waals surface area contributed by atoms with E-state index in [9.17, 15) is 0 Å². The minimum absolute atomic E-state index is 0.0127. The zero-order valence-corrected chi connectivity index (χ0v) is 9.43. The third kappa shape index (κ3) is 8.06. The van der Waals surface area contributed by atoms with Crippen LogP contribution in [0.25, 0.3) is 0 Å². The molecule has 1 N–H and O–H groups in total. The summed E-state index contributed by atoms with van der Waals surface area (Å²) in [7, 11) is 0. The molecule has 2 unspecified atom stereocenters. The van der Waals surface area contributed by atoms with Gasteiger partial charge in [0.25, 0.3) is 0 Å². The van der Waals surface area contributed by atoms with Gasteiger partial charge in [0.15, 0.2) is 0 Å². The Morgan fingerprint density at radius 2 is 1.50 bits per heavy atom. The van der Waals surface area contributed by atoms with Crippen LogP contribution in [0.1, 0.15) is 60.3 Å². The maximum Gasteiger partial charge on any atom is 0.0542 e. The SMILES string of the molecule is CC.CC.CC1CCCC(O)C1. The number of hydrogen-bond acceptors (Lipinski definition) is 1. The number of aliphatic hydroxyl groups is 1. The average Bonchev–Trinajstić information content (AvgIpc) is 2.11. The molecule has 1 nitrogen and oxygen atoms in total. The third-order valence-corrected chi connectivity index (χ3v) is 1.91. The Balaban J connectivity index is 0. The Bertz CT molecular complexity index is 63.4. The molecule has 0 radical (unpaired) electrons. The van der Waals surface area contributed by atoms with Crippen LogP contribution in [0.3, 0.4) is 0 Å². The minimum Gasteiger partial charge on any atom is -0.393 e. The third-order valence-electron chi connectivity index (χ3n) is 1.91. The summed E-state index contributed by atoms with van der Waals surface area (Å²) in [6.45, 7) is 10.2. The van der Waals surface area contributed by atoms with Crippen LogP contribution in [0.5, 0.6) is 0 Å². The van der Waals surface area contributed by atoms with E-state index in [2.05, 4.69) is 6.92 Å². The summed E-state index contributed by atoms with van der Waals surface area (Å²) >= 11 is 0. The average molecular weight is 174 g/mol. The van der Waals surface area contributed by atoms with Gasteiger partial charge in [0.1, 0.15) is 0 Å². The van der Waals surface area contributed by atoms with E-state index < -0.39 is 0 Å². The number of rotatable bonds is 0. The van der Waals surface area contributed by atoms with Gasteiger partial charge in [0.05, 0.1) is 6.10 Å². The first-order chi connectivity index (χ1) is 5.79. The van der Waals surface area contributed by atoms with Crippen LogP contribution in [0, 0.1) is 5.92 Å². The molecule has 2 atom stereocenters. The summed E-state index contributed by atoms with van der Waals surface area (Å²) in [5, 5.41) is 9.08. The molecule has 0 aliphatic heterocycles. The monoisotopic (exact) mass is 174 g/mol. The fraction of sp³-hybridized carbons (Fsp3) is 1.00. The van der Waals surface area contributed by atoms with Crippen LogP contribution in [0.4, 0.5) is 0 Å². The van der Waals surface area contributed by atoms with Crippen LogP contribution in [-0.2, 0) is 0 Å². The molecule has 0 aromatic heterocycles. The lowest BCUT2D eigenvalue weighted by atomic mass is 9.89. The molecular weight excluding hydrogens is 148 g/mol. The molecule has 1 saturated carbocycles. The fourth-order valence-electron chi connectivity index (χ4n) is 1.40. The molecule has 0 bridgehead atoms. The van der Waals surface area contributed by atoms with Gasteiger partial charge in [-0.3, -0.25) is 0 Å². The first-order valence-electron chi connectivity index (χ1n) is 5.47. The normalized spacial score (nSPS) is 27.5. The van der Waals surface area contributed by atoms with Gasteiger partial charge in [0, 0.05) is 0 Å². The molecular formula is C11H26O. The van der Waals surface area contributed by atoms with Crippen molar-refractivity contribution in [3.8, 4) is 0 Å². The van der Waals surface area contributed by atoms with Gasteiger partial charge in [-0.25, -0.2) is 0 Å². The lowest BCUT2D eigenvalue weighted by Crippen LogP contribution is -2.16. The van der Waals surface area contributed by atoms with Crippen molar-refractivity contribution in [1.29, 1.82) is 0 Å². The lowest BCUT2D eigenvalue weighted by molar-refractivity contribution is 0.106. The maximum absolute atomic E-state index is 9.08. The Morgan fingerprint density at radius 1 is 1.00 bits per heavy atom. The van der Waals surface area contributed by atoms with E-state index in [0.29, 0.717) is 0 Å². The summed E-state index contributed by atoms with van der Waals surface area (Å²) in [5.74, 6) is 0.763. The van der Waals surface area contributed by atoms with Crippen molar-refractivity contribution in [1.82, 2.24) is 0 Å². The Morgan fingerprint density at radius 3 is 1.75 bits per heavy atom. The van der Waals surface area contributed by atoms with E-state index in [-0.39, 0.29) is 6.10 Å². The molecule has 1 aliphatic rings. The second-order valence-electron chi connectivity index (χ2n) is 2.93. The molecule has 0 saturated heterocycles. The fourth-order valence-corrected chi connectivity index (χ4v) is 1.40. The van der Waals surface area contributed by atoms with Gasteiger partial charge >= 0.3 is 0 Å². The lowest BCUT2D eigenvalue weighted by Gasteiger charge is -2.21. The molecule has 1 heteroatoms. The van der Waals surface area contributed by atoms with Crippen LogP contribution in [0.15, 0.2) is 0 Å². The zero-order chi connectivity index (χ0) is 9.98. The molecule has 76 valence electrons. The van der Waals surface area contributed by atoms with Gasteiger partial charge in [0.2, 0.25) is 0 Å². The van der Waals surface area contributed by atoms with E-state index in [1.807, 2.05) is 27.7 Å². The molecule has 1 rings (SSSR count). The van der Waals surface area contributed by atoms with Crippen molar-refractivity contribution >= 4 is 0 Å². The van der Waals surface area contributed by atoms with Crippen molar-refractivity contribution in [2.24, 2.45) is 5.92 Å². The summed E-state index contributed by atoms with van der Waals surface area (Å²) in [5.41, 5.74) is 0. The Hall–Kier alpha value is -0.0400. The van der Waals surface area contributed by atoms with E-state index in [1.54, 1.807) is 0 Å². The Labute approximate surface area is 78.2 Å². The molecule has 0 spiro atoms. The molecule has 1 fully saturated rings. The van der Waals surface area contributed by atoms with Crippen LogP contribution in [-0.4, -0.2) is 11.2 Å². The number of hydrogen-bond donors (Lipinski definition) is 1. The van der Waals surface area contributed by atoms with Crippen molar-refractivity contribution in [2.45, 2.75) is 66.4 Å². The minimum atomic E-state index is 0.0127. The van der Waals surface area contributed by atoms with E-state index in [4.69, 9.17) is 5.11 Å². The topological polar surface area (TPSA) is 20.2 Å². The highest BCUT2D eigenvalue weighted by Crippen LogP contribution is 2.22. The first-order valence-corrected chi connectivity index (χ1v) is 5.47. The second-order valence-corrected chi connectivity index (χ2v) is 2.93. The van der Waals surface area contributed by atoms with Gasteiger partial charge in [-0.05, 0) is 18.8 Å². The smallest absolute Gasteiger partial charge is 0.0542 e. The number of aliphatic hydroxyl groups excluding tert-OH is 1. The molecule has 0 amide bonds. The van der Waals surface area contributed by atoms with Crippen molar-refractivity contribution in [2.75, 3.05) is 0 Å². The standard InChI is InChI=1S/C7H14O.2C2H6/c1-6-3-2-4-7(8)5-6;2*1-2/h6-8H,2-5H2,1H3;2*1-2H3. The highest BCUT2D eigenvalue weighted by molar-refractivity contribution is 4.67. The second kappa shape index (κ2) is 11.0. The first kappa shape index (κ1) is 14.5. The molecule has 0 aromatic carbocycles. The molecule has 0 aromatic rings. The predicted molar refractivity (Wildman–Crippen MR) is 56.3 cm³/mol. The van der Waals surface area contributed by atoms with Crippen LogP contribution in [0.2, 0.25) is 0 Å². The summed E-state index contributed by atoms with van der Waals surface area (Å²) in [4.78, 5) is 0. The van der Waals surface area contributed by atoms with Crippen molar-refractivity contribution in [3.05, 3.63) is 0 Å². The van der Waals surface area contributed by atoms with Crippen molar-refractivity contribution < 1.29 is 5.11 Å². The van der Waals surface area contributed by atoms with E-state index in [1.165, 1.54) is 12.8 Å². The highest BCUT2D eigenvalue weighted by atomic mass is 16.3. The van der Waals surface area contributed by atoms with Gasteiger partial charge in [-0.2, -0.15) is 0 Å². The van der Waals surface area contributed by atoms with Gasteiger partial charge in [-0.1, -0.05) is 47.5 Å². The van der Waals surface area contributed by atoms with E-state index >= 15 is 0 Å². The highest BCUT2D eigenvalue weighted by Gasteiger charge is 2.15. The largest absolute Gasteiger partial charge is 0.393 e. The quantitative estimate of drug-likeness (QED) is 0.595. The molecule has 0 heterocycles.